The fourth-order valence-electron chi connectivity index (χ4n) is 1.23. The van der Waals surface area contributed by atoms with Crippen LogP contribution in [0.15, 0.2) is 12.3 Å². The summed E-state index contributed by atoms with van der Waals surface area (Å²) in [6.45, 7) is 5.44. The van der Waals surface area contributed by atoms with Crippen molar-refractivity contribution in [2.45, 2.75) is 32.7 Å². The van der Waals surface area contributed by atoms with Crippen LogP contribution in [0.4, 0.5) is 5.82 Å². The molecule has 82 valence electrons. The monoisotopic (exact) mass is 207 g/mol. The number of ketones is 1. The summed E-state index contributed by atoms with van der Waals surface area (Å²) in [5.74, 6) is 0.0921. The van der Waals surface area contributed by atoms with Gasteiger partial charge >= 0.3 is 0 Å². The molecule has 1 aromatic rings. The molecular formula is C11H17N3O. The molecule has 0 spiro atoms. The SMILES string of the molecule is CCC(C)(N)C(=O)c1cc(C)cnc1N. The summed E-state index contributed by atoms with van der Waals surface area (Å²) in [6, 6.07) is 1.73. The molecule has 0 radical (unpaired) electrons. The van der Waals surface area contributed by atoms with Gasteiger partial charge in [0.1, 0.15) is 5.82 Å². The van der Waals surface area contributed by atoms with E-state index in [0.717, 1.165) is 5.56 Å². The third-order valence-electron chi connectivity index (χ3n) is 2.55. The molecule has 0 saturated carbocycles. The Bertz CT molecular complexity index is 385. The molecule has 0 fully saturated rings. The first-order chi connectivity index (χ1) is 6.88. The molecule has 0 aromatic carbocycles. The number of rotatable bonds is 3. The highest BCUT2D eigenvalue weighted by Crippen LogP contribution is 2.18. The van der Waals surface area contributed by atoms with Gasteiger partial charge in [0.15, 0.2) is 5.78 Å². The number of nitrogens with two attached hydrogens (primary N) is 2. The Kier molecular flexibility index (Phi) is 3.09. The van der Waals surface area contributed by atoms with Gasteiger partial charge in [0.2, 0.25) is 0 Å². The van der Waals surface area contributed by atoms with Crippen LogP contribution in [0.1, 0.15) is 36.2 Å². The number of aryl methyl sites for hydroxylation is 1. The van der Waals surface area contributed by atoms with Gasteiger partial charge in [-0.05, 0) is 31.9 Å². The van der Waals surface area contributed by atoms with Crippen LogP contribution in [0.5, 0.6) is 0 Å². The molecule has 0 aliphatic rings. The average molecular weight is 207 g/mol. The van der Waals surface area contributed by atoms with Gasteiger partial charge in [-0.2, -0.15) is 0 Å². The number of nitrogens with zero attached hydrogens (tertiary/aromatic N) is 1. The largest absolute Gasteiger partial charge is 0.383 e. The maximum absolute atomic E-state index is 12.0. The van der Waals surface area contributed by atoms with Crippen molar-refractivity contribution in [1.29, 1.82) is 0 Å². The molecule has 15 heavy (non-hydrogen) atoms. The molecule has 0 saturated heterocycles. The third kappa shape index (κ3) is 2.33. The van der Waals surface area contributed by atoms with Crippen molar-refractivity contribution >= 4 is 11.6 Å². The van der Waals surface area contributed by atoms with Crippen molar-refractivity contribution < 1.29 is 4.79 Å². The molecular weight excluding hydrogens is 190 g/mol. The molecule has 1 atom stereocenters. The Labute approximate surface area is 89.7 Å². The van der Waals surface area contributed by atoms with Crippen LogP contribution in [0, 0.1) is 6.92 Å². The maximum Gasteiger partial charge on any atom is 0.186 e. The van der Waals surface area contributed by atoms with Crippen molar-refractivity contribution in [3.8, 4) is 0 Å². The van der Waals surface area contributed by atoms with Gasteiger partial charge in [-0.1, -0.05) is 6.92 Å². The van der Waals surface area contributed by atoms with Gasteiger partial charge in [0, 0.05) is 6.20 Å². The second-order valence-electron chi connectivity index (χ2n) is 4.05. The number of aromatic nitrogens is 1. The molecule has 0 bridgehead atoms. The highest BCUT2D eigenvalue weighted by atomic mass is 16.1. The Morgan fingerprint density at radius 2 is 2.20 bits per heavy atom. The summed E-state index contributed by atoms with van der Waals surface area (Å²) in [5.41, 5.74) is 12.0. The Balaban J connectivity index is 3.17. The van der Waals surface area contributed by atoms with E-state index in [1.54, 1.807) is 19.2 Å². The molecule has 0 aliphatic heterocycles. The fraction of sp³-hybridized carbons (Fsp3) is 0.455. The zero-order valence-corrected chi connectivity index (χ0v) is 9.37. The predicted octanol–water partition coefficient (Wildman–Crippen LogP) is 1.28. The van der Waals surface area contributed by atoms with Gasteiger partial charge in [0.05, 0.1) is 11.1 Å². The second-order valence-corrected chi connectivity index (χ2v) is 4.05. The first-order valence-corrected chi connectivity index (χ1v) is 4.94. The van der Waals surface area contributed by atoms with Crippen LogP contribution in [-0.4, -0.2) is 16.3 Å². The summed E-state index contributed by atoms with van der Waals surface area (Å²) in [6.07, 6.45) is 2.20. The highest BCUT2D eigenvalue weighted by molar-refractivity contribution is 6.06. The molecule has 0 amide bonds. The molecule has 0 aliphatic carbocycles. The normalized spacial score (nSPS) is 14.7. The van der Waals surface area contributed by atoms with E-state index in [1.807, 2.05) is 13.8 Å². The molecule has 1 rings (SSSR count). The van der Waals surface area contributed by atoms with Crippen molar-refractivity contribution in [1.82, 2.24) is 4.98 Å². The lowest BCUT2D eigenvalue weighted by Gasteiger charge is -2.21. The number of nitrogen functional groups attached to an aromatic ring is 1. The van der Waals surface area contributed by atoms with E-state index in [0.29, 0.717) is 12.0 Å². The Morgan fingerprint density at radius 1 is 1.60 bits per heavy atom. The van der Waals surface area contributed by atoms with Crippen molar-refractivity contribution in [2.24, 2.45) is 5.73 Å². The van der Waals surface area contributed by atoms with Crippen molar-refractivity contribution in [2.75, 3.05) is 5.73 Å². The zero-order valence-electron chi connectivity index (χ0n) is 9.37. The first-order valence-electron chi connectivity index (χ1n) is 4.94. The van der Waals surface area contributed by atoms with E-state index in [-0.39, 0.29) is 11.6 Å². The summed E-state index contributed by atoms with van der Waals surface area (Å²) < 4.78 is 0. The number of pyridine rings is 1. The van der Waals surface area contributed by atoms with E-state index in [9.17, 15) is 4.79 Å². The van der Waals surface area contributed by atoms with Gasteiger partial charge < -0.3 is 11.5 Å². The second kappa shape index (κ2) is 3.98. The van der Waals surface area contributed by atoms with E-state index < -0.39 is 5.54 Å². The molecule has 4 N–H and O–H groups in total. The quantitative estimate of drug-likeness (QED) is 0.731. The summed E-state index contributed by atoms with van der Waals surface area (Å²) in [4.78, 5) is 16.0. The van der Waals surface area contributed by atoms with E-state index >= 15 is 0 Å². The number of hydrogen-bond acceptors (Lipinski definition) is 4. The van der Waals surface area contributed by atoms with Crippen LogP contribution in [0.25, 0.3) is 0 Å². The topological polar surface area (TPSA) is 82.0 Å². The molecule has 1 aromatic heterocycles. The summed E-state index contributed by atoms with van der Waals surface area (Å²) in [7, 11) is 0. The molecule has 1 unspecified atom stereocenters. The van der Waals surface area contributed by atoms with Gasteiger partial charge in [-0.15, -0.1) is 0 Å². The Morgan fingerprint density at radius 3 is 2.73 bits per heavy atom. The molecule has 1 heterocycles. The average Bonchev–Trinajstić information content (AvgIpc) is 2.20. The van der Waals surface area contributed by atoms with Gasteiger partial charge in [-0.3, -0.25) is 4.79 Å². The number of hydrogen-bond donors (Lipinski definition) is 2. The van der Waals surface area contributed by atoms with Crippen LogP contribution >= 0.6 is 0 Å². The number of carbonyl (C=O) groups is 1. The Hall–Kier alpha value is -1.42. The molecule has 4 heteroatoms. The van der Waals surface area contributed by atoms with Crippen molar-refractivity contribution in [3.05, 3.63) is 23.4 Å². The van der Waals surface area contributed by atoms with Crippen LogP contribution in [0.2, 0.25) is 0 Å². The maximum atomic E-state index is 12.0. The van der Waals surface area contributed by atoms with Crippen LogP contribution < -0.4 is 11.5 Å². The minimum Gasteiger partial charge on any atom is -0.383 e. The van der Waals surface area contributed by atoms with E-state index in [1.165, 1.54) is 0 Å². The first kappa shape index (κ1) is 11.7. The lowest BCUT2D eigenvalue weighted by molar-refractivity contribution is 0.0898. The lowest BCUT2D eigenvalue weighted by Crippen LogP contribution is -2.44. The van der Waals surface area contributed by atoms with Gasteiger partial charge in [-0.25, -0.2) is 4.98 Å². The standard InChI is InChI=1S/C11H17N3O/c1-4-11(3,13)9(15)8-5-7(2)6-14-10(8)12/h5-6H,4,13H2,1-3H3,(H2,12,14). The minimum atomic E-state index is -0.871. The number of carbonyl (C=O) groups excluding carboxylic acids is 1. The number of Topliss-reactive ketones (excluding diaryl/α,β-unsaturated/α-hetero) is 1. The van der Waals surface area contributed by atoms with Crippen LogP contribution in [-0.2, 0) is 0 Å². The van der Waals surface area contributed by atoms with E-state index in [4.69, 9.17) is 11.5 Å². The fourth-order valence-corrected chi connectivity index (χ4v) is 1.23. The minimum absolute atomic E-state index is 0.154. The van der Waals surface area contributed by atoms with E-state index in [2.05, 4.69) is 4.98 Å². The lowest BCUT2D eigenvalue weighted by atomic mass is 9.89. The van der Waals surface area contributed by atoms with Crippen LogP contribution in [0.3, 0.4) is 0 Å². The van der Waals surface area contributed by atoms with Crippen molar-refractivity contribution in [3.63, 3.8) is 0 Å². The third-order valence-corrected chi connectivity index (χ3v) is 2.55. The summed E-state index contributed by atoms with van der Waals surface area (Å²) in [5, 5.41) is 0. The van der Waals surface area contributed by atoms with Gasteiger partial charge in [0.25, 0.3) is 0 Å². The highest BCUT2D eigenvalue weighted by Gasteiger charge is 2.28. The smallest absolute Gasteiger partial charge is 0.186 e. The molecule has 4 nitrogen and oxygen atoms in total. The summed E-state index contributed by atoms with van der Waals surface area (Å²) >= 11 is 0. The zero-order chi connectivity index (χ0) is 11.6. The number of anilines is 1. The predicted molar refractivity (Wildman–Crippen MR) is 60.6 cm³/mol.